The van der Waals surface area contributed by atoms with Crippen molar-refractivity contribution in [3.05, 3.63) is 71.5 Å². The molecular formula is C18H15ClN6OS. The van der Waals surface area contributed by atoms with Crippen molar-refractivity contribution in [3.63, 3.8) is 0 Å². The normalized spacial score (nSPS) is 11.0. The maximum absolute atomic E-state index is 12.3. The SMILES string of the molecule is O=C(CSc1nnc2ccccn12)Nc1ccnn1Cc1cccc(Cl)c1. The van der Waals surface area contributed by atoms with Gasteiger partial charge in [-0.3, -0.25) is 9.20 Å². The number of carbonyl (C=O) groups excluding carboxylic acids is 1. The van der Waals surface area contributed by atoms with Crippen LogP contribution in [0.3, 0.4) is 0 Å². The van der Waals surface area contributed by atoms with E-state index in [1.807, 2.05) is 53.1 Å². The second-order valence-corrected chi connectivity index (χ2v) is 7.13. The molecule has 0 radical (unpaired) electrons. The van der Waals surface area contributed by atoms with Crippen molar-refractivity contribution in [1.82, 2.24) is 24.4 Å². The third-order valence-electron chi connectivity index (χ3n) is 3.82. The summed E-state index contributed by atoms with van der Waals surface area (Å²) in [5, 5.41) is 16.7. The first-order chi connectivity index (χ1) is 13.2. The second-order valence-electron chi connectivity index (χ2n) is 5.75. The molecular weight excluding hydrogens is 384 g/mol. The van der Waals surface area contributed by atoms with Gasteiger partial charge in [0, 0.05) is 17.3 Å². The van der Waals surface area contributed by atoms with Crippen molar-refractivity contribution in [2.45, 2.75) is 11.7 Å². The van der Waals surface area contributed by atoms with Gasteiger partial charge in [-0.1, -0.05) is 41.6 Å². The molecule has 4 aromatic rings. The third-order valence-corrected chi connectivity index (χ3v) is 5.00. The average Bonchev–Trinajstić information content (AvgIpc) is 3.27. The van der Waals surface area contributed by atoms with Crippen molar-refractivity contribution in [2.75, 3.05) is 11.1 Å². The van der Waals surface area contributed by atoms with Gasteiger partial charge in [-0.25, -0.2) is 4.68 Å². The van der Waals surface area contributed by atoms with Gasteiger partial charge >= 0.3 is 0 Å². The fraction of sp³-hybridized carbons (Fsp3) is 0.111. The largest absolute Gasteiger partial charge is 0.310 e. The van der Waals surface area contributed by atoms with Crippen LogP contribution in [-0.4, -0.2) is 36.0 Å². The van der Waals surface area contributed by atoms with E-state index in [0.29, 0.717) is 22.5 Å². The Morgan fingerprint density at radius 1 is 1.15 bits per heavy atom. The zero-order valence-corrected chi connectivity index (χ0v) is 15.7. The van der Waals surface area contributed by atoms with E-state index in [2.05, 4.69) is 20.6 Å². The molecule has 0 saturated heterocycles. The predicted molar refractivity (Wildman–Crippen MR) is 105 cm³/mol. The summed E-state index contributed by atoms with van der Waals surface area (Å²) in [7, 11) is 0. The number of pyridine rings is 1. The Hall–Kier alpha value is -2.84. The summed E-state index contributed by atoms with van der Waals surface area (Å²) in [5.74, 6) is 0.713. The zero-order chi connectivity index (χ0) is 18.6. The van der Waals surface area contributed by atoms with Crippen LogP contribution in [0.25, 0.3) is 5.65 Å². The Bertz CT molecular complexity index is 1090. The number of benzene rings is 1. The Morgan fingerprint density at radius 2 is 2.07 bits per heavy atom. The van der Waals surface area contributed by atoms with E-state index in [-0.39, 0.29) is 11.7 Å². The molecule has 27 heavy (non-hydrogen) atoms. The number of anilines is 1. The lowest BCUT2D eigenvalue weighted by Crippen LogP contribution is -2.18. The van der Waals surface area contributed by atoms with E-state index in [1.165, 1.54) is 11.8 Å². The molecule has 4 rings (SSSR count). The molecule has 0 saturated carbocycles. The third kappa shape index (κ3) is 4.12. The molecule has 1 aromatic carbocycles. The van der Waals surface area contributed by atoms with Crippen LogP contribution in [0.4, 0.5) is 5.82 Å². The van der Waals surface area contributed by atoms with Crippen molar-refractivity contribution in [1.29, 1.82) is 0 Å². The lowest BCUT2D eigenvalue weighted by molar-refractivity contribution is -0.113. The number of nitrogens with one attached hydrogen (secondary N) is 1. The Kier molecular flexibility index (Phi) is 5.08. The topological polar surface area (TPSA) is 77.1 Å². The molecule has 7 nitrogen and oxygen atoms in total. The molecule has 0 aliphatic rings. The minimum atomic E-state index is -0.138. The van der Waals surface area contributed by atoms with E-state index in [1.54, 1.807) is 16.9 Å². The van der Waals surface area contributed by atoms with Crippen LogP contribution in [0, 0.1) is 0 Å². The maximum atomic E-state index is 12.3. The summed E-state index contributed by atoms with van der Waals surface area (Å²) >= 11 is 7.35. The number of fused-ring (bicyclic) bond motifs is 1. The van der Waals surface area contributed by atoms with Crippen LogP contribution >= 0.6 is 23.4 Å². The highest BCUT2D eigenvalue weighted by atomic mass is 35.5. The summed E-state index contributed by atoms with van der Waals surface area (Å²) in [6.45, 7) is 0.519. The number of carbonyl (C=O) groups is 1. The molecule has 0 spiro atoms. The second kappa shape index (κ2) is 7.81. The molecule has 0 fully saturated rings. The molecule has 1 N–H and O–H groups in total. The minimum Gasteiger partial charge on any atom is -0.310 e. The summed E-state index contributed by atoms with van der Waals surface area (Å²) in [5.41, 5.74) is 1.76. The Morgan fingerprint density at radius 3 is 2.96 bits per heavy atom. The molecule has 0 aliphatic carbocycles. The molecule has 0 aliphatic heterocycles. The number of aromatic nitrogens is 5. The van der Waals surface area contributed by atoms with Crippen molar-refractivity contribution < 1.29 is 4.79 Å². The fourth-order valence-corrected chi connectivity index (χ4v) is 3.54. The van der Waals surface area contributed by atoms with Crippen LogP contribution < -0.4 is 5.32 Å². The predicted octanol–water partition coefficient (Wildman–Crippen LogP) is 3.36. The van der Waals surface area contributed by atoms with Crippen LogP contribution in [0.1, 0.15) is 5.56 Å². The molecule has 1 amide bonds. The highest BCUT2D eigenvalue weighted by Crippen LogP contribution is 2.18. The van der Waals surface area contributed by atoms with Crippen LogP contribution in [0.5, 0.6) is 0 Å². The molecule has 0 bridgehead atoms. The lowest BCUT2D eigenvalue weighted by Gasteiger charge is -2.09. The van der Waals surface area contributed by atoms with Gasteiger partial charge < -0.3 is 5.32 Å². The summed E-state index contributed by atoms with van der Waals surface area (Å²) in [6.07, 6.45) is 3.52. The van der Waals surface area contributed by atoms with Crippen molar-refractivity contribution in [3.8, 4) is 0 Å². The molecule has 0 unspecified atom stereocenters. The van der Waals surface area contributed by atoms with Gasteiger partial charge in [-0.05, 0) is 29.8 Å². The van der Waals surface area contributed by atoms with Gasteiger partial charge in [-0.15, -0.1) is 10.2 Å². The number of hydrogen-bond acceptors (Lipinski definition) is 5. The first kappa shape index (κ1) is 17.6. The van der Waals surface area contributed by atoms with E-state index >= 15 is 0 Å². The monoisotopic (exact) mass is 398 g/mol. The van der Waals surface area contributed by atoms with Crippen molar-refractivity contribution >= 4 is 40.7 Å². The maximum Gasteiger partial charge on any atom is 0.235 e. The Labute approximate surface area is 164 Å². The zero-order valence-electron chi connectivity index (χ0n) is 14.1. The van der Waals surface area contributed by atoms with Gasteiger partial charge in [0.05, 0.1) is 18.5 Å². The van der Waals surface area contributed by atoms with E-state index < -0.39 is 0 Å². The number of amides is 1. The molecule has 3 aromatic heterocycles. The van der Waals surface area contributed by atoms with Crippen LogP contribution in [-0.2, 0) is 11.3 Å². The quantitative estimate of drug-likeness (QED) is 0.504. The molecule has 3 heterocycles. The van der Waals surface area contributed by atoms with Gasteiger partial charge in [-0.2, -0.15) is 5.10 Å². The summed E-state index contributed by atoms with van der Waals surface area (Å²) in [4.78, 5) is 12.3. The summed E-state index contributed by atoms with van der Waals surface area (Å²) < 4.78 is 3.57. The van der Waals surface area contributed by atoms with E-state index in [4.69, 9.17) is 11.6 Å². The molecule has 9 heteroatoms. The molecule has 0 atom stereocenters. The Balaban J connectivity index is 1.39. The fourth-order valence-electron chi connectivity index (χ4n) is 2.60. The summed E-state index contributed by atoms with van der Waals surface area (Å²) in [6, 6.07) is 15.0. The number of rotatable bonds is 6. The van der Waals surface area contributed by atoms with E-state index in [9.17, 15) is 4.79 Å². The average molecular weight is 399 g/mol. The van der Waals surface area contributed by atoms with Crippen LogP contribution in [0.2, 0.25) is 5.02 Å². The lowest BCUT2D eigenvalue weighted by atomic mass is 10.2. The molecule has 136 valence electrons. The van der Waals surface area contributed by atoms with Gasteiger partial charge in [0.15, 0.2) is 10.8 Å². The standard InChI is InChI=1S/C18H15ClN6OS/c19-14-5-3-4-13(10-14)11-25-15(7-8-20-25)21-17(26)12-27-18-23-22-16-6-1-2-9-24(16)18/h1-10H,11-12H2,(H,21,26). The van der Waals surface area contributed by atoms with Gasteiger partial charge in [0.25, 0.3) is 0 Å². The number of halogens is 1. The van der Waals surface area contributed by atoms with Gasteiger partial charge in [0.2, 0.25) is 5.91 Å². The number of hydrogen-bond donors (Lipinski definition) is 1. The van der Waals surface area contributed by atoms with Gasteiger partial charge in [0.1, 0.15) is 5.82 Å². The number of nitrogens with zero attached hydrogens (tertiary/aromatic N) is 5. The van der Waals surface area contributed by atoms with Crippen molar-refractivity contribution in [2.24, 2.45) is 0 Å². The van der Waals surface area contributed by atoms with Crippen LogP contribution in [0.15, 0.2) is 66.1 Å². The van der Waals surface area contributed by atoms with E-state index in [0.717, 1.165) is 11.2 Å². The first-order valence-electron chi connectivity index (χ1n) is 8.18. The highest BCUT2D eigenvalue weighted by molar-refractivity contribution is 7.99. The minimum absolute atomic E-state index is 0.138. The number of thioether (sulfide) groups is 1. The smallest absolute Gasteiger partial charge is 0.235 e. The highest BCUT2D eigenvalue weighted by Gasteiger charge is 2.11. The first-order valence-corrected chi connectivity index (χ1v) is 9.54.